The van der Waals surface area contributed by atoms with Crippen molar-refractivity contribution in [2.24, 2.45) is 5.92 Å². The lowest BCUT2D eigenvalue weighted by molar-refractivity contribution is 0.00666. The van der Waals surface area contributed by atoms with Crippen LogP contribution in [0.15, 0.2) is 36.7 Å². The van der Waals surface area contributed by atoms with Crippen LogP contribution in [0.1, 0.15) is 12.8 Å². The van der Waals surface area contributed by atoms with Crippen LogP contribution in [0, 0.1) is 5.92 Å². The lowest BCUT2D eigenvalue weighted by Crippen LogP contribution is -2.27. The Morgan fingerprint density at radius 1 is 1.48 bits per heavy atom. The molecule has 1 aliphatic rings. The first-order valence-corrected chi connectivity index (χ1v) is 6.93. The second kappa shape index (κ2) is 7.99. The maximum atomic E-state index is 13.5. The van der Waals surface area contributed by atoms with Crippen molar-refractivity contribution < 1.29 is 18.6 Å². The quantitative estimate of drug-likeness (QED) is 0.795. The van der Waals surface area contributed by atoms with E-state index < -0.39 is 18.1 Å². The Kier molecular flexibility index (Phi) is 6.01. The summed E-state index contributed by atoms with van der Waals surface area (Å²) >= 11 is 0. The topological polar surface area (TPSA) is 60.2 Å². The maximum Gasteiger partial charge on any atom is 0.151 e. The van der Waals surface area contributed by atoms with Gasteiger partial charge in [-0.05, 0) is 31.1 Å². The van der Waals surface area contributed by atoms with E-state index in [4.69, 9.17) is 4.74 Å². The molecule has 0 saturated carbocycles. The molecule has 3 atom stereocenters. The molecule has 2 rings (SSSR count). The summed E-state index contributed by atoms with van der Waals surface area (Å²) in [6.45, 7) is 0.910. The number of allylic oxidation sites excluding steroid dienone is 2. The van der Waals surface area contributed by atoms with Crippen LogP contribution in [0.2, 0.25) is 0 Å². The van der Waals surface area contributed by atoms with Crippen LogP contribution in [0.4, 0.5) is 8.78 Å². The number of hydrogen-bond acceptors (Lipinski definition) is 4. The highest BCUT2D eigenvalue weighted by Gasteiger charge is 2.22. The lowest BCUT2D eigenvalue weighted by Gasteiger charge is -2.22. The number of aliphatic hydroxyl groups is 1. The van der Waals surface area contributed by atoms with Crippen LogP contribution < -0.4 is 0 Å². The fourth-order valence-corrected chi connectivity index (χ4v) is 2.11. The molecule has 21 heavy (non-hydrogen) atoms. The summed E-state index contributed by atoms with van der Waals surface area (Å²) in [5.41, 5.74) is 0. The molecule has 1 N–H and O–H groups in total. The van der Waals surface area contributed by atoms with Gasteiger partial charge in [0.15, 0.2) is 6.17 Å². The van der Waals surface area contributed by atoms with E-state index in [1.807, 2.05) is 0 Å². The van der Waals surface area contributed by atoms with Crippen molar-refractivity contribution in [3.63, 3.8) is 0 Å². The number of ether oxygens (including phenoxy) is 1. The molecule has 1 aromatic heterocycles. The van der Waals surface area contributed by atoms with E-state index in [1.165, 1.54) is 18.5 Å². The van der Waals surface area contributed by atoms with Crippen LogP contribution in [-0.4, -0.2) is 45.4 Å². The highest BCUT2D eigenvalue weighted by Crippen LogP contribution is 2.19. The zero-order valence-electron chi connectivity index (χ0n) is 11.6. The smallest absolute Gasteiger partial charge is 0.151 e. The van der Waals surface area contributed by atoms with E-state index in [2.05, 4.69) is 10.1 Å². The molecule has 0 bridgehead atoms. The molecule has 1 aliphatic carbocycles. The van der Waals surface area contributed by atoms with E-state index in [0.29, 0.717) is 6.54 Å². The van der Waals surface area contributed by atoms with Crippen LogP contribution >= 0.6 is 0 Å². The van der Waals surface area contributed by atoms with Gasteiger partial charge in [0.25, 0.3) is 0 Å². The first kappa shape index (κ1) is 15.8. The minimum absolute atomic E-state index is 0.0328. The molecule has 0 aromatic carbocycles. The zero-order chi connectivity index (χ0) is 15.1. The van der Waals surface area contributed by atoms with Crippen molar-refractivity contribution in [1.82, 2.24) is 14.8 Å². The van der Waals surface area contributed by atoms with E-state index in [-0.39, 0.29) is 19.1 Å². The molecule has 0 saturated heterocycles. The summed E-state index contributed by atoms with van der Waals surface area (Å²) < 4.78 is 33.4. The fourth-order valence-electron chi connectivity index (χ4n) is 2.11. The minimum atomic E-state index is -1.48. The first-order valence-electron chi connectivity index (χ1n) is 6.93. The van der Waals surface area contributed by atoms with Gasteiger partial charge < -0.3 is 9.84 Å². The molecular formula is C14H19F2N3O2. The Morgan fingerprint density at radius 2 is 2.33 bits per heavy atom. The number of aromatic nitrogens is 3. The average Bonchev–Trinajstić information content (AvgIpc) is 2.97. The van der Waals surface area contributed by atoms with Crippen LogP contribution in [-0.2, 0) is 11.3 Å². The van der Waals surface area contributed by atoms with Gasteiger partial charge in [0.2, 0.25) is 0 Å². The Balaban J connectivity index is 1.69. The van der Waals surface area contributed by atoms with Crippen molar-refractivity contribution in [2.75, 3.05) is 13.2 Å². The molecule has 1 aromatic rings. The number of alkyl halides is 1. The predicted molar refractivity (Wildman–Crippen MR) is 72.8 cm³/mol. The number of hydrogen-bond donors (Lipinski definition) is 1. The largest absolute Gasteiger partial charge is 0.396 e. The Bertz CT molecular complexity index is 477. The van der Waals surface area contributed by atoms with Gasteiger partial charge in [-0.15, -0.1) is 0 Å². The van der Waals surface area contributed by atoms with Crippen molar-refractivity contribution in [3.05, 3.63) is 36.7 Å². The third-order valence-electron chi connectivity index (χ3n) is 3.33. The minimum Gasteiger partial charge on any atom is -0.396 e. The van der Waals surface area contributed by atoms with E-state index in [1.54, 1.807) is 11.0 Å². The summed E-state index contributed by atoms with van der Waals surface area (Å²) in [6.07, 6.45) is 5.83. The number of nitrogens with zero attached hydrogens (tertiary/aromatic N) is 3. The van der Waals surface area contributed by atoms with Gasteiger partial charge >= 0.3 is 0 Å². The van der Waals surface area contributed by atoms with Gasteiger partial charge in [-0.1, -0.05) is 0 Å². The molecule has 7 heteroatoms. The summed E-state index contributed by atoms with van der Waals surface area (Å²) in [5.74, 6) is -0.668. The van der Waals surface area contributed by atoms with E-state index in [9.17, 15) is 13.9 Å². The van der Waals surface area contributed by atoms with Crippen LogP contribution in [0.3, 0.4) is 0 Å². The maximum absolute atomic E-state index is 13.5. The Labute approximate surface area is 121 Å². The van der Waals surface area contributed by atoms with Gasteiger partial charge in [0, 0.05) is 19.1 Å². The van der Waals surface area contributed by atoms with Gasteiger partial charge in [0.1, 0.15) is 24.6 Å². The second-order valence-corrected chi connectivity index (χ2v) is 5.00. The Morgan fingerprint density at radius 3 is 3.00 bits per heavy atom. The Hall–Kier alpha value is -1.60. The second-order valence-electron chi connectivity index (χ2n) is 5.00. The molecule has 0 amide bonds. The summed E-state index contributed by atoms with van der Waals surface area (Å²) in [4.78, 5) is 3.84. The van der Waals surface area contributed by atoms with E-state index in [0.717, 1.165) is 18.9 Å². The molecule has 116 valence electrons. The van der Waals surface area contributed by atoms with Gasteiger partial charge in [-0.3, -0.25) is 4.68 Å². The SMILES string of the molecule is OC[C@@H](CCCn1cncn1)COC1C=CC(F)=CC1F. The average molecular weight is 299 g/mol. The third-order valence-corrected chi connectivity index (χ3v) is 3.33. The number of aliphatic hydroxyl groups excluding tert-OH is 1. The summed E-state index contributed by atoms with van der Waals surface area (Å²) in [5, 5.41) is 13.3. The van der Waals surface area contributed by atoms with Crippen LogP contribution in [0.25, 0.3) is 0 Å². The third kappa shape index (κ3) is 5.02. The first-order chi connectivity index (χ1) is 10.2. The number of rotatable bonds is 8. The normalized spacial score (nSPS) is 23.1. The zero-order valence-corrected chi connectivity index (χ0v) is 11.6. The molecule has 0 radical (unpaired) electrons. The summed E-state index contributed by atoms with van der Waals surface area (Å²) in [7, 11) is 0. The molecule has 0 fully saturated rings. The lowest BCUT2D eigenvalue weighted by atomic mass is 10.0. The van der Waals surface area contributed by atoms with E-state index >= 15 is 0 Å². The molecule has 1 heterocycles. The molecule has 2 unspecified atom stereocenters. The van der Waals surface area contributed by atoms with Gasteiger partial charge in [0.05, 0.1) is 6.61 Å². The van der Waals surface area contributed by atoms with Gasteiger partial charge in [-0.25, -0.2) is 13.8 Å². The summed E-state index contributed by atoms with van der Waals surface area (Å²) in [6, 6.07) is 0. The molecular weight excluding hydrogens is 280 g/mol. The fraction of sp³-hybridized carbons (Fsp3) is 0.571. The molecule has 0 spiro atoms. The van der Waals surface area contributed by atoms with Crippen molar-refractivity contribution in [3.8, 4) is 0 Å². The predicted octanol–water partition coefficient (Wildman–Crippen LogP) is 1.81. The molecule has 0 aliphatic heterocycles. The monoisotopic (exact) mass is 299 g/mol. The highest BCUT2D eigenvalue weighted by molar-refractivity contribution is 5.22. The number of aryl methyl sites for hydroxylation is 1. The number of halogens is 2. The standard InChI is InChI=1S/C14H19F2N3O2/c15-12-3-4-14(13(16)6-12)21-8-11(7-20)2-1-5-19-10-17-9-18-19/h3-4,6,9-11,13-14,20H,1-2,5,7-8H2/t11-,13?,14?/m1/s1. The molecule has 5 nitrogen and oxygen atoms in total. The van der Waals surface area contributed by atoms with Crippen LogP contribution in [0.5, 0.6) is 0 Å². The van der Waals surface area contributed by atoms with Crippen molar-refractivity contribution in [2.45, 2.75) is 31.7 Å². The van der Waals surface area contributed by atoms with Crippen molar-refractivity contribution in [1.29, 1.82) is 0 Å². The van der Waals surface area contributed by atoms with Crippen molar-refractivity contribution >= 4 is 0 Å². The van der Waals surface area contributed by atoms with Gasteiger partial charge in [-0.2, -0.15) is 5.10 Å². The highest BCUT2D eigenvalue weighted by atomic mass is 19.1.